The van der Waals surface area contributed by atoms with E-state index in [4.69, 9.17) is 4.74 Å². The molecule has 1 aromatic heterocycles. The van der Waals surface area contributed by atoms with Gasteiger partial charge in [-0.3, -0.25) is 9.29 Å². The van der Waals surface area contributed by atoms with Gasteiger partial charge in [0.15, 0.2) is 0 Å². The Bertz CT molecular complexity index is 1140. The first kappa shape index (κ1) is 23.6. The van der Waals surface area contributed by atoms with Crippen molar-refractivity contribution in [1.82, 2.24) is 4.98 Å². The van der Waals surface area contributed by atoms with E-state index in [1.807, 2.05) is 6.07 Å². The highest BCUT2D eigenvalue weighted by atomic mass is 32.2. The van der Waals surface area contributed by atoms with Gasteiger partial charge in [0.2, 0.25) is 0 Å². The molecule has 2 aromatic carbocycles. The van der Waals surface area contributed by atoms with E-state index in [0.717, 1.165) is 22.0 Å². The molecule has 0 atom stereocenters. The molecule has 0 fully saturated rings. The van der Waals surface area contributed by atoms with Crippen molar-refractivity contribution >= 4 is 15.7 Å². The van der Waals surface area contributed by atoms with Gasteiger partial charge in [0, 0.05) is 25.0 Å². The summed E-state index contributed by atoms with van der Waals surface area (Å²) in [5.41, 5.74) is -0.345. The Morgan fingerprint density at radius 1 is 1.03 bits per heavy atom. The number of alkyl halides is 3. The van der Waals surface area contributed by atoms with Crippen LogP contribution in [-0.2, 0) is 22.8 Å². The molecular weight excluding hydrogens is 441 g/mol. The van der Waals surface area contributed by atoms with Crippen LogP contribution in [0.1, 0.15) is 25.0 Å². The largest absolute Gasteiger partial charge is 0.489 e. The second kappa shape index (κ2) is 9.60. The fourth-order valence-electron chi connectivity index (χ4n) is 3.02. The van der Waals surface area contributed by atoms with Crippen LogP contribution in [0.3, 0.4) is 0 Å². The van der Waals surface area contributed by atoms with E-state index >= 15 is 0 Å². The molecule has 0 amide bonds. The molecule has 0 saturated carbocycles. The number of benzene rings is 2. The minimum atomic E-state index is -4.68. The van der Waals surface area contributed by atoms with E-state index in [9.17, 15) is 21.6 Å². The van der Waals surface area contributed by atoms with Crippen LogP contribution in [0, 0.1) is 5.92 Å². The summed E-state index contributed by atoms with van der Waals surface area (Å²) >= 11 is 0. The van der Waals surface area contributed by atoms with Crippen molar-refractivity contribution < 1.29 is 26.3 Å². The summed E-state index contributed by atoms with van der Waals surface area (Å²) in [5.74, 6) is -0.224. The first-order chi connectivity index (χ1) is 15.1. The van der Waals surface area contributed by atoms with Gasteiger partial charge in [-0.25, -0.2) is 8.42 Å². The number of ether oxygens (including phenoxy) is 1. The topological polar surface area (TPSA) is 59.5 Å². The summed E-state index contributed by atoms with van der Waals surface area (Å²) in [7, 11) is -4.15. The van der Waals surface area contributed by atoms with E-state index in [1.165, 1.54) is 30.6 Å². The molecule has 0 bridgehead atoms. The van der Waals surface area contributed by atoms with Crippen LogP contribution in [0.5, 0.6) is 5.75 Å². The van der Waals surface area contributed by atoms with Crippen molar-refractivity contribution in [2.75, 3.05) is 10.8 Å². The molecule has 3 rings (SSSR count). The predicted octanol–water partition coefficient (Wildman–Crippen LogP) is 5.53. The Kier molecular flexibility index (Phi) is 7.08. The fourth-order valence-corrected chi connectivity index (χ4v) is 4.59. The molecular formula is C23H23F3N2O3S. The number of nitrogens with zero attached hydrogens (tertiary/aromatic N) is 2. The van der Waals surface area contributed by atoms with Crippen LogP contribution in [0.2, 0.25) is 0 Å². The number of anilines is 1. The summed E-state index contributed by atoms with van der Waals surface area (Å²) in [6.07, 6.45) is -2.09. The third-order valence-electron chi connectivity index (χ3n) is 4.51. The van der Waals surface area contributed by atoms with Gasteiger partial charge in [0.25, 0.3) is 10.0 Å². The standard InChI is InChI=1S/C23H23F3N2O3S/c1-17(2)15-28(32(29,30)22-9-6-10-27-14-22)20-11-19(23(24,25)26)12-21(13-20)31-16-18-7-4-3-5-8-18/h3-14,17H,15-16H2,1-2H3. The van der Waals surface area contributed by atoms with Gasteiger partial charge in [-0.2, -0.15) is 13.2 Å². The highest BCUT2D eigenvalue weighted by Gasteiger charge is 2.34. The molecule has 5 nitrogen and oxygen atoms in total. The van der Waals surface area contributed by atoms with Gasteiger partial charge in [0.1, 0.15) is 17.3 Å². The lowest BCUT2D eigenvalue weighted by Crippen LogP contribution is -2.34. The van der Waals surface area contributed by atoms with Gasteiger partial charge in [-0.1, -0.05) is 44.2 Å². The van der Waals surface area contributed by atoms with E-state index in [1.54, 1.807) is 38.1 Å². The monoisotopic (exact) mass is 464 g/mol. The zero-order valence-corrected chi connectivity index (χ0v) is 18.4. The number of hydrogen-bond acceptors (Lipinski definition) is 4. The Balaban J connectivity index is 2.06. The molecule has 9 heteroatoms. The lowest BCUT2D eigenvalue weighted by Gasteiger charge is -2.27. The number of rotatable bonds is 8. The van der Waals surface area contributed by atoms with E-state index < -0.39 is 21.8 Å². The number of hydrogen-bond donors (Lipinski definition) is 0. The maximum atomic E-state index is 13.6. The first-order valence-electron chi connectivity index (χ1n) is 9.89. The first-order valence-corrected chi connectivity index (χ1v) is 11.3. The van der Waals surface area contributed by atoms with Crippen molar-refractivity contribution in [3.05, 3.63) is 84.2 Å². The highest BCUT2D eigenvalue weighted by molar-refractivity contribution is 7.92. The molecule has 170 valence electrons. The Morgan fingerprint density at radius 3 is 2.34 bits per heavy atom. The van der Waals surface area contributed by atoms with Crippen LogP contribution < -0.4 is 9.04 Å². The molecule has 0 N–H and O–H groups in total. The minimum absolute atomic E-state index is 0.0172. The average molecular weight is 465 g/mol. The van der Waals surface area contributed by atoms with Crippen molar-refractivity contribution in [2.24, 2.45) is 5.92 Å². The molecule has 32 heavy (non-hydrogen) atoms. The van der Waals surface area contributed by atoms with E-state index in [2.05, 4.69) is 4.98 Å². The van der Waals surface area contributed by atoms with Gasteiger partial charge in [-0.05, 0) is 35.7 Å². The van der Waals surface area contributed by atoms with E-state index in [-0.39, 0.29) is 35.4 Å². The number of pyridine rings is 1. The lowest BCUT2D eigenvalue weighted by molar-refractivity contribution is -0.137. The number of aromatic nitrogens is 1. The quantitative estimate of drug-likeness (QED) is 0.440. The Hall–Kier alpha value is -3.07. The smallest absolute Gasteiger partial charge is 0.416 e. The summed E-state index contributed by atoms with van der Waals surface area (Å²) in [4.78, 5) is 3.73. The average Bonchev–Trinajstić information content (AvgIpc) is 2.76. The van der Waals surface area contributed by atoms with Crippen LogP contribution >= 0.6 is 0 Å². The summed E-state index contributed by atoms with van der Waals surface area (Å²) < 4.78 is 74.0. The fraction of sp³-hybridized carbons (Fsp3) is 0.261. The van der Waals surface area contributed by atoms with Crippen molar-refractivity contribution in [3.8, 4) is 5.75 Å². The van der Waals surface area contributed by atoms with Crippen LogP contribution in [0.15, 0.2) is 78.0 Å². The van der Waals surface area contributed by atoms with Gasteiger partial charge in [0.05, 0.1) is 11.3 Å². The molecule has 0 aliphatic heterocycles. The van der Waals surface area contributed by atoms with Gasteiger partial charge >= 0.3 is 6.18 Å². The Labute approximate surface area is 185 Å². The zero-order chi connectivity index (χ0) is 23.4. The van der Waals surface area contributed by atoms with Crippen molar-refractivity contribution in [1.29, 1.82) is 0 Å². The third kappa shape index (κ3) is 5.79. The number of sulfonamides is 1. The molecule has 0 aliphatic rings. The molecule has 3 aromatic rings. The highest BCUT2D eigenvalue weighted by Crippen LogP contribution is 2.37. The molecule has 1 heterocycles. The van der Waals surface area contributed by atoms with Crippen LogP contribution in [0.4, 0.5) is 18.9 Å². The van der Waals surface area contributed by atoms with E-state index in [0.29, 0.717) is 0 Å². The van der Waals surface area contributed by atoms with Crippen molar-refractivity contribution in [2.45, 2.75) is 31.5 Å². The molecule has 0 spiro atoms. The lowest BCUT2D eigenvalue weighted by atomic mass is 10.1. The minimum Gasteiger partial charge on any atom is -0.489 e. The van der Waals surface area contributed by atoms with Crippen LogP contribution in [0.25, 0.3) is 0 Å². The maximum Gasteiger partial charge on any atom is 0.416 e. The van der Waals surface area contributed by atoms with Gasteiger partial charge < -0.3 is 4.74 Å². The van der Waals surface area contributed by atoms with Crippen molar-refractivity contribution in [3.63, 3.8) is 0 Å². The summed E-state index contributed by atoms with van der Waals surface area (Å²) in [5, 5.41) is 0. The molecule has 0 aliphatic carbocycles. The summed E-state index contributed by atoms with van der Waals surface area (Å²) in [6.45, 7) is 3.59. The number of halogens is 3. The summed E-state index contributed by atoms with van der Waals surface area (Å²) in [6, 6.07) is 14.8. The normalized spacial score (nSPS) is 12.1. The second-order valence-corrected chi connectivity index (χ2v) is 9.47. The molecule has 0 saturated heterocycles. The maximum absolute atomic E-state index is 13.6. The Morgan fingerprint density at radius 2 is 1.75 bits per heavy atom. The SMILES string of the molecule is CC(C)CN(c1cc(OCc2ccccc2)cc(C(F)(F)F)c1)S(=O)(=O)c1cccnc1. The van der Waals surface area contributed by atoms with Gasteiger partial charge in [-0.15, -0.1) is 0 Å². The molecule has 0 unspecified atom stereocenters. The third-order valence-corrected chi connectivity index (χ3v) is 6.29. The van der Waals surface area contributed by atoms with Crippen LogP contribution in [-0.4, -0.2) is 19.9 Å². The second-order valence-electron chi connectivity index (χ2n) is 7.61. The predicted molar refractivity (Wildman–Crippen MR) is 116 cm³/mol. The zero-order valence-electron chi connectivity index (χ0n) is 17.6. The molecule has 0 radical (unpaired) electrons.